The summed E-state index contributed by atoms with van der Waals surface area (Å²) in [6, 6.07) is 0. The fraction of sp³-hybridized carbons (Fsp3) is 0.789. The van der Waals surface area contributed by atoms with E-state index in [1.165, 1.54) is 13.8 Å². The van der Waals surface area contributed by atoms with Gasteiger partial charge >= 0.3 is 11.9 Å². The number of hydrogen-bond acceptors (Lipinski definition) is 5. The maximum atomic E-state index is 11.5. The lowest BCUT2D eigenvalue weighted by atomic mass is 9.75. The Kier molecular flexibility index (Phi) is 5.74. The van der Waals surface area contributed by atoms with Crippen LogP contribution in [0.5, 0.6) is 0 Å². The number of epoxide rings is 1. The third-order valence-corrected chi connectivity index (χ3v) is 5.16. The predicted octanol–water partition coefficient (Wildman–Crippen LogP) is 3.41. The van der Waals surface area contributed by atoms with Crippen LogP contribution in [0.25, 0.3) is 0 Å². The molecule has 5 heteroatoms. The van der Waals surface area contributed by atoms with Crippen molar-refractivity contribution < 1.29 is 23.8 Å². The SMILES string of the molecule is C=C([C@@H](C[C@@H]1OC1(C)C)OC(C)=O)[C@@H]1CC[C@@H](C)C[C@H]1OC(C)=O. The summed E-state index contributed by atoms with van der Waals surface area (Å²) in [4.78, 5) is 23.0. The van der Waals surface area contributed by atoms with Crippen LogP contribution < -0.4 is 0 Å². The van der Waals surface area contributed by atoms with Crippen molar-refractivity contribution >= 4 is 11.9 Å². The van der Waals surface area contributed by atoms with E-state index < -0.39 is 6.10 Å². The molecule has 136 valence electrons. The second-order valence-corrected chi connectivity index (χ2v) is 7.79. The molecule has 1 saturated heterocycles. The average Bonchev–Trinajstić information content (AvgIpc) is 3.03. The quantitative estimate of drug-likeness (QED) is 0.422. The zero-order valence-electron chi connectivity index (χ0n) is 15.5. The number of hydrogen-bond donors (Lipinski definition) is 0. The second kappa shape index (κ2) is 7.26. The fourth-order valence-corrected chi connectivity index (χ4v) is 3.67. The van der Waals surface area contributed by atoms with Crippen molar-refractivity contribution in [2.45, 2.75) is 84.2 Å². The van der Waals surface area contributed by atoms with Crippen molar-refractivity contribution in [3.63, 3.8) is 0 Å². The third-order valence-electron chi connectivity index (χ3n) is 5.16. The van der Waals surface area contributed by atoms with E-state index in [-0.39, 0.29) is 35.7 Å². The van der Waals surface area contributed by atoms with Gasteiger partial charge in [0.1, 0.15) is 12.2 Å². The zero-order valence-corrected chi connectivity index (χ0v) is 15.5. The Bertz CT molecular complexity index is 510. The third kappa shape index (κ3) is 4.82. The highest BCUT2D eigenvalue weighted by molar-refractivity contribution is 5.67. The molecule has 0 aromatic heterocycles. The average molecular weight is 338 g/mol. The highest BCUT2D eigenvalue weighted by Gasteiger charge is 2.50. The van der Waals surface area contributed by atoms with Gasteiger partial charge in [-0.15, -0.1) is 0 Å². The molecule has 0 radical (unpaired) electrons. The number of ether oxygens (including phenoxy) is 3. The van der Waals surface area contributed by atoms with Crippen molar-refractivity contribution in [1.29, 1.82) is 0 Å². The Morgan fingerprint density at radius 3 is 2.38 bits per heavy atom. The molecule has 5 nitrogen and oxygen atoms in total. The van der Waals surface area contributed by atoms with Gasteiger partial charge in [-0.1, -0.05) is 13.5 Å². The van der Waals surface area contributed by atoms with Crippen LogP contribution in [0, 0.1) is 11.8 Å². The molecule has 1 saturated carbocycles. The van der Waals surface area contributed by atoms with Crippen molar-refractivity contribution in [2.75, 3.05) is 0 Å². The predicted molar refractivity (Wildman–Crippen MR) is 90.3 cm³/mol. The summed E-state index contributed by atoms with van der Waals surface area (Å²) in [6.07, 6.45) is 2.85. The molecule has 0 aromatic carbocycles. The maximum Gasteiger partial charge on any atom is 0.303 e. The number of rotatable bonds is 6. The highest BCUT2D eigenvalue weighted by Crippen LogP contribution is 2.42. The lowest BCUT2D eigenvalue weighted by molar-refractivity contribution is -0.153. The summed E-state index contributed by atoms with van der Waals surface area (Å²) < 4.78 is 16.7. The summed E-state index contributed by atoms with van der Waals surface area (Å²) in [6.45, 7) is 13.3. The van der Waals surface area contributed by atoms with Crippen LogP contribution >= 0.6 is 0 Å². The first kappa shape index (κ1) is 19.0. The van der Waals surface area contributed by atoms with Gasteiger partial charge in [0.25, 0.3) is 0 Å². The minimum Gasteiger partial charge on any atom is -0.462 e. The lowest BCUT2D eigenvalue weighted by Crippen LogP contribution is -2.37. The van der Waals surface area contributed by atoms with Gasteiger partial charge in [0, 0.05) is 26.2 Å². The first-order valence-electron chi connectivity index (χ1n) is 8.81. The molecule has 0 bridgehead atoms. The van der Waals surface area contributed by atoms with E-state index in [1.807, 2.05) is 13.8 Å². The molecular weight excluding hydrogens is 308 g/mol. The molecule has 2 fully saturated rings. The summed E-state index contributed by atoms with van der Waals surface area (Å²) in [5.41, 5.74) is 0.671. The van der Waals surface area contributed by atoms with Gasteiger partial charge in [0.05, 0.1) is 11.7 Å². The lowest BCUT2D eigenvalue weighted by Gasteiger charge is -2.37. The number of esters is 2. The minimum absolute atomic E-state index is 0.0244. The van der Waals surface area contributed by atoms with Crippen molar-refractivity contribution in [3.8, 4) is 0 Å². The molecule has 0 spiro atoms. The van der Waals surface area contributed by atoms with Crippen LogP contribution in [0.3, 0.4) is 0 Å². The first-order chi connectivity index (χ1) is 11.1. The van der Waals surface area contributed by atoms with E-state index in [1.54, 1.807) is 0 Å². The van der Waals surface area contributed by atoms with Crippen LogP contribution in [0.2, 0.25) is 0 Å². The van der Waals surface area contributed by atoms with Crippen LogP contribution in [0.1, 0.15) is 60.3 Å². The largest absolute Gasteiger partial charge is 0.462 e. The molecule has 0 aromatic rings. The first-order valence-corrected chi connectivity index (χ1v) is 8.81. The summed E-state index contributed by atoms with van der Waals surface area (Å²) >= 11 is 0. The van der Waals surface area contributed by atoms with Gasteiger partial charge in [-0.25, -0.2) is 0 Å². The molecule has 1 aliphatic heterocycles. The topological polar surface area (TPSA) is 65.1 Å². The second-order valence-electron chi connectivity index (χ2n) is 7.79. The van der Waals surface area contributed by atoms with E-state index in [0.717, 1.165) is 24.8 Å². The molecule has 0 N–H and O–H groups in total. The van der Waals surface area contributed by atoms with E-state index in [2.05, 4.69) is 13.5 Å². The molecule has 1 heterocycles. The summed E-state index contributed by atoms with van der Waals surface area (Å²) in [5, 5.41) is 0. The number of carbonyl (C=O) groups excluding carboxylic acids is 2. The molecule has 2 aliphatic rings. The smallest absolute Gasteiger partial charge is 0.303 e. The summed E-state index contributed by atoms with van der Waals surface area (Å²) in [5.74, 6) is -0.0667. The molecule has 0 unspecified atom stereocenters. The van der Waals surface area contributed by atoms with Crippen molar-refractivity contribution in [1.82, 2.24) is 0 Å². The fourth-order valence-electron chi connectivity index (χ4n) is 3.67. The normalized spacial score (nSPS) is 32.5. The molecule has 1 aliphatic carbocycles. The Hall–Kier alpha value is -1.36. The monoisotopic (exact) mass is 338 g/mol. The van der Waals surface area contributed by atoms with Crippen molar-refractivity contribution in [2.24, 2.45) is 11.8 Å². The van der Waals surface area contributed by atoms with Gasteiger partial charge in [0.15, 0.2) is 0 Å². The number of carbonyl (C=O) groups is 2. The Morgan fingerprint density at radius 1 is 1.25 bits per heavy atom. The van der Waals surface area contributed by atoms with Crippen LogP contribution in [0.4, 0.5) is 0 Å². The molecule has 5 atom stereocenters. The van der Waals surface area contributed by atoms with E-state index >= 15 is 0 Å². The molecule has 2 rings (SSSR count). The zero-order chi connectivity index (χ0) is 18.1. The molecule has 0 amide bonds. The van der Waals surface area contributed by atoms with Gasteiger partial charge in [-0.2, -0.15) is 0 Å². The Morgan fingerprint density at radius 2 is 1.88 bits per heavy atom. The van der Waals surface area contributed by atoms with E-state index in [4.69, 9.17) is 14.2 Å². The van der Waals surface area contributed by atoms with Crippen LogP contribution in [-0.4, -0.2) is 35.9 Å². The van der Waals surface area contributed by atoms with Gasteiger partial charge < -0.3 is 14.2 Å². The van der Waals surface area contributed by atoms with E-state index in [0.29, 0.717) is 12.3 Å². The molecular formula is C19H30O5. The standard InChI is InChI=1S/C19H30O5/c1-11-7-8-15(17(9-11)23-14(4)21)12(2)16(22-13(3)20)10-18-19(5,6)24-18/h11,15-18H,2,7-10H2,1,3-6H3/t11-,15+,16-,17-,18+/m1/s1. The van der Waals surface area contributed by atoms with Crippen molar-refractivity contribution in [3.05, 3.63) is 12.2 Å². The Labute approximate surface area is 144 Å². The van der Waals surface area contributed by atoms with Gasteiger partial charge in [0.2, 0.25) is 0 Å². The van der Waals surface area contributed by atoms with Crippen LogP contribution in [-0.2, 0) is 23.8 Å². The van der Waals surface area contributed by atoms with E-state index in [9.17, 15) is 9.59 Å². The molecule has 24 heavy (non-hydrogen) atoms. The van der Waals surface area contributed by atoms with Gasteiger partial charge in [-0.05, 0) is 44.6 Å². The minimum atomic E-state index is -0.397. The summed E-state index contributed by atoms with van der Waals surface area (Å²) in [7, 11) is 0. The maximum absolute atomic E-state index is 11.5. The van der Waals surface area contributed by atoms with Crippen LogP contribution in [0.15, 0.2) is 12.2 Å². The van der Waals surface area contributed by atoms with Gasteiger partial charge in [-0.3, -0.25) is 9.59 Å². The Balaban J connectivity index is 2.10. The highest BCUT2D eigenvalue weighted by atomic mass is 16.6.